The van der Waals surface area contributed by atoms with Crippen LogP contribution in [0.3, 0.4) is 0 Å². The van der Waals surface area contributed by atoms with Gasteiger partial charge in [0.05, 0.1) is 5.03 Å². The monoisotopic (exact) mass is 293 g/mol. The number of rotatable bonds is 1. The van der Waals surface area contributed by atoms with E-state index in [1.807, 2.05) is 47.6 Å². The summed E-state index contributed by atoms with van der Waals surface area (Å²) in [7, 11) is 0. The molecule has 1 aliphatic heterocycles. The zero-order valence-electron chi connectivity index (χ0n) is 13.6. The molecule has 0 aromatic carbocycles. The summed E-state index contributed by atoms with van der Waals surface area (Å²) in [6.07, 6.45) is 5.49. The molecule has 0 radical (unpaired) electrons. The van der Waals surface area contributed by atoms with E-state index in [0.29, 0.717) is 0 Å². The van der Waals surface area contributed by atoms with Crippen LogP contribution in [0.5, 0.6) is 0 Å². The van der Waals surface area contributed by atoms with Crippen molar-refractivity contribution in [3.63, 3.8) is 0 Å². The number of hydrogen-bond donors (Lipinski definition) is 0. The molecule has 0 amide bonds. The van der Waals surface area contributed by atoms with Gasteiger partial charge in [-0.05, 0) is 19.9 Å². The van der Waals surface area contributed by atoms with Gasteiger partial charge in [-0.25, -0.2) is 0 Å². The average Bonchev–Trinajstić information content (AvgIpc) is 2.99. The minimum Gasteiger partial charge on any atom is -0.335 e. The van der Waals surface area contributed by atoms with Crippen LogP contribution in [0.25, 0.3) is 12.2 Å². The number of hydrogen-bond acceptors (Lipinski definition) is 2. The maximum Gasteiger partial charge on any atom is 0.193 e. The summed E-state index contributed by atoms with van der Waals surface area (Å²) in [4.78, 5) is 12.2. The molecule has 0 atom stereocenters. The van der Waals surface area contributed by atoms with Gasteiger partial charge in [0.2, 0.25) is 0 Å². The van der Waals surface area contributed by atoms with Gasteiger partial charge in [0.1, 0.15) is 0 Å². The number of nitrogens with zero attached hydrogens (tertiary/aromatic N) is 1. The van der Waals surface area contributed by atoms with Crippen molar-refractivity contribution in [3.05, 3.63) is 39.0 Å². The van der Waals surface area contributed by atoms with E-state index in [1.165, 1.54) is 0 Å². The summed E-state index contributed by atoms with van der Waals surface area (Å²) in [6.45, 7) is 16.5. The maximum absolute atomic E-state index is 12.2. The van der Waals surface area contributed by atoms with Gasteiger partial charge in [-0.2, -0.15) is 0 Å². The van der Waals surface area contributed by atoms with Crippen LogP contribution in [0.15, 0.2) is 22.5 Å². The second kappa shape index (κ2) is 9.65. The molecule has 2 rings (SSSR count). The third-order valence-electron chi connectivity index (χ3n) is 2.83. The molecule has 2 heterocycles. The Hall–Kier alpha value is -1.22. The van der Waals surface area contributed by atoms with Crippen LogP contribution in [0, 0.1) is 6.92 Å². The van der Waals surface area contributed by atoms with E-state index < -0.39 is 0 Å². The molecule has 0 bridgehead atoms. The van der Waals surface area contributed by atoms with Crippen molar-refractivity contribution >= 4 is 23.9 Å². The first kappa shape index (κ1) is 18.8. The Bertz CT molecular complexity index is 611. The van der Waals surface area contributed by atoms with Crippen molar-refractivity contribution in [1.29, 1.82) is 0 Å². The molecular formula is C17H27NOS. The molecule has 0 unspecified atom stereocenters. The molecule has 3 heteroatoms. The second-order valence-corrected chi connectivity index (χ2v) is 4.83. The smallest absolute Gasteiger partial charge is 0.193 e. The average molecular weight is 293 g/mol. The zero-order valence-corrected chi connectivity index (χ0v) is 14.4. The van der Waals surface area contributed by atoms with Crippen LogP contribution < -0.4 is 16.0 Å². The van der Waals surface area contributed by atoms with E-state index in [1.54, 1.807) is 23.9 Å². The van der Waals surface area contributed by atoms with E-state index in [-0.39, 0.29) is 5.43 Å². The standard InChI is InChI=1S/C13H15NOS.2C2H6/c1-4-6-10-11(5-2)14-7-8-16-13(14)9(3)12(10)15;2*1-2/h4-6H,1,7-8H2,2-3H3;2*1-2H3/b10-6+,11-5+;;. The molecule has 0 aliphatic carbocycles. The Morgan fingerprint density at radius 1 is 1.25 bits per heavy atom. The Morgan fingerprint density at radius 3 is 2.35 bits per heavy atom. The first-order chi connectivity index (χ1) is 9.70. The van der Waals surface area contributed by atoms with Gasteiger partial charge in [-0.15, -0.1) is 11.8 Å². The van der Waals surface area contributed by atoms with Crippen LogP contribution in [0.2, 0.25) is 0 Å². The van der Waals surface area contributed by atoms with Gasteiger partial charge in [-0.1, -0.05) is 46.4 Å². The molecule has 0 fully saturated rings. The summed E-state index contributed by atoms with van der Waals surface area (Å²) < 4.78 is 2.23. The Morgan fingerprint density at radius 2 is 1.85 bits per heavy atom. The lowest BCUT2D eigenvalue weighted by molar-refractivity contribution is 0.679. The second-order valence-electron chi connectivity index (χ2n) is 3.75. The van der Waals surface area contributed by atoms with E-state index in [2.05, 4.69) is 11.1 Å². The molecule has 112 valence electrons. The van der Waals surface area contributed by atoms with Crippen molar-refractivity contribution in [2.75, 3.05) is 5.75 Å². The number of aromatic nitrogens is 1. The van der Waals surface area contributed by atoms with Gasteiger partial charge >= 0.3 is 0 Å². The highest BCUT2D eigenvalue weighted by Gasteiger charge is 2.16. The lowest BCUT2D eigenvalue weighted by Crippen LogP contribution is -2.46. The summed E-state index contributed by atoms with van der Waals surface area (Å²) in [5.41, 5.74) is 0.995. The summed E-state index contributed by atoms with van der Waals surface area (Å²) >= 11 is 1.77. The van der Waals surface area contributed by atoms with Gasteiger partial charge in [-0.3, -0.25) is 4.79 Å². The molecule has 0 N–H and O–H groups in total. The number of pyridine rings is 1. The highest BCUT2D eigenvalue weighted by Crippen LogP contribution is 2.24. The van der Waals surface area contributed by atoms with Crippen LogP contribution >= 0.6 is 11.8 Å². The quantitative estimate of drug-likeness (QED) is 0.794. The van der Waals surface area contributed by atoms with E-state index in [9.17, 15) is 4.79 Å². The van der Waals surface area contributed by atoms with Crippen LogP contribution in [0.4, 0.5) is 0 Å². The fourth-order valence-corrected chi connectivity index (χ4v) is 3.23. The lowest BCUT2D eigenvalue weighted by Gasteiger charge is -2.07. The Labute approximate surface area is 126 Å². The molecule has 1 aromatic heterocycles. The number of fused-ring (bicyclic) bond motifs is 1. The van der Waals surface area contributed by atoms with Gasteiger partial charge < -0.3 is 4.57 Å². The van der Waals surface area contributed by atoms with Gasteiger partial charge in [0, 0.05) is 28.4 Å². The van der Waals surface area contributed by atoms with E-state index in [4.69, 9.17) is 0 Å². The van der Waals surface area contributed by atoms with Crippen LogP contribution in [0.1, 0.15) is 40.2 Å². The summed E-state index contributed by atoms with van der Waals surface area (Å²) in [6, 6.07) is 0. The van der Waals surface area contributed by atoms with E-state index >= 15 is 0 Å². The molecule has 0 spiro atoms. The van der Waals surface area contributed by atoms with Crippen LogP contribution in [-0.2, 0) is 6.54 Å². The molecule has 2 nitrogen and oxygen atoms in total. The number of thioether (sulfide) groups is 1. The van der Waals surface area contributed by atoms with E-state index in [0.717, 1.165) is 33.5 Å². The highest BCUT2D eigenvalue weighted by atomic mass is 32.2. The Kier molecular flexibility index (Phi) is 9.06. The van der Waals surface area contributed by atoms with Crippen molar-refractivity contribution in [2.24, 2.45) is 0 Å². The summed E-state index contributed by atoms with van der Waals surface area (Å²) in [5, 5.41) is 2.91. The van der Waals surface area contributed by atoms with Crippen molar-refractivity contribution in [3.8, 4) is 0 Å². The number of allylic oxidation sites excluding steroid dienone is 1. The maximum atomic E-state index is 12.2. The molecule has 0 saturated carbocycles. The lowest BCUT2D eigenvalue weighted by atomic mass is 10.2. The Balaban J connectivity index is 0.000000829. The third-order valence-corrected chi connectivity index (χ3v) is 4.02. The third kappa shape index (κ3) is 3.66. The van der Waals surface area contributed by atoms with Gasteiger partial charge in [0.15, 0.2) is 5.43 Å². The van der Waals surface area contributed by atoms with Crippen LogP contribution in [-0.4, -0.2) is 10.3 Å². The zero-order chi connectivity index (χ0) is 15.7. The summed E-state index contributed by atoms with van der Waals surface area (Å²) in [5.74, 6) is 1.05. The molecule has 0 saturated heterocycles. The molecule has 20 heavy (non-hydrogen) atoms. The molecule has 1 aliphatic rings. The largest absolute Gasteiger partial charge is 0.335 e. The molecule has 1 aromatic rings. The predicted molar refractivity (Wildman–Crippen MR) is 92.9 cm³/mol. The SMILES string of the molecule is C=C/C=c1/c(=O)c(C)c2n(/c1=C/C)CCS2.CC.CC. The first-order valence-electron chi connectivity index (χ1n) is 7.36. The van der Waals surface area contributed by atoms with Crippen molar-refractivity contribution in [2.45, 2.75) is 53.1 Å². The predicted octanol–water partition coefficient (Wildman–Crippen LogP) is 3.08. The topological polar surface area (TPSA) is 22.0 Å². The fourth-order valence-electron chi connectivity index (χ4n) is 2.10. The van der Waals surface area contributed by atoms with Gasteiger partial charge in [0.25, 0.3) is 0 Å². The minimum atomic E-state index is 0.133. The molecular weight excluding hydrogens is 266 g/mol. The van der Waals surface area contributed by atoms with Crippen molar-refractivity contribution in [1.82, 2.24) is 4.57 Å². The van der Waals surface area contributed by atoms with Crippen molar-refractivity contribution < 1.29 is 0 Å². The normalized spacial score (nSPS) is 13.9. The minimum absolute atomic E-state index is 0.133. The highest BCUT2D eigenvalue weighted by molar-refractivity contribution is 7.99. The first-order valence-corrected chi connectivity index (χ1v) is 8.34. The fraction of sp³-hybridized carbons (Fsp3) is 0.471.